The van der Waals surface area contributed by atoms with Crippen LogP contribution in [0.3, 0.4) is 0 Å². The molecule has 152 valence electrons. The van der Waals surface area contributed by atoms with Crippen molar-refractivity contribution in [3.63, 3.8) is 0 Å². The van der Waals surface area contributed by atoms with E-state index in [9.17, 15) is 13.2 Å². The number of amides is 1. The summed E-state index contributed by atoms with van der Waals surface area (Å²) in [4.78, 5) is 16.2. The van der Waals surface area contributed by atoms with E-state index in [1.807, 2.05) is 10.8 Å². The van der Waals surface area contributed by atoms with Gasteiger partial charge in [0.15, 0.2) is 0 Å². The summed E-state index contributed by atoms with van der Waals surface area (Å²) in [6.07, 6.45) is 5.93. The van der Waals surface area contributed by atoms with Gasteiger partial charge < -0.3 is 9.88 Å². The molecule has 29 heavy (non-hydrogen) atoms. The zero-order valence-corrected chi connectivity index (χ0v) is 17.5. The molecule has 0 spiro atoms. The average molecular weight is 453 g/mol. The highest BCUT2D eigenvalue weighted by Crippen LogP contribution is 2.25. The fraction of sp³-hybridized carbons (Fsp3) is 0.158. The molecule has 0 atom stereocenters. The minimum Gasteiger partial charge on any atom is -0.352 e. The Morgan fingerprint density at radius 2 is 1.86 bits per heavy atom. The molecule has 1 amide bonds. The van der Waals surface area contributed by atoms with Crippen LogP contribution in [0.15, 0.2) is 66.1 Å². The van der Waals surface area contributed by atoms with Crippen molar-refractivity contribution in [3.8, 4) is 0 Å². The highest BCUT2D eigenvalue weighted by Gasteiger charge is 2.20. The molecule has 0 aliphatic heterocycles. The highest BCUT2D eigenvalue weighted by atomic mass is 35.5. The Morgan fingerprint density at radius 3 is 2.55 bits per heavy atom. The third-order valence-electron chi connectivity index (χ3n) is 4.02. The van der Waals surface area contributed by atoms with Gasteiger partial charge in [0.25, 0.3) is 15.9 Å². The molecule has 0 bridgehead atoms. The molecule has 0 aliphatic rings. The number of anilines is 1. The van der Waals surface area contributed by atoms with Crippen molar-refractivity contribution >= 4 is 44.8 Å². The topological polar surface area (TPSA) is 93.1 Å². The van der Waals surface area contributed by atoms with Gasteiger partial charge in [-0.25, -0.2) is 13.4 Å². The van der Waals surface area contributed by atoms with Crippen LogP contribution in [0.4, 0.5) is 5.69 Å². The predicted molar refractivity (Wildman–Crippen MR) is 113 cm³/mol. The fourth-order valence-electron chi connectivity index (χ4n) is 2.56. The molecular formula is C19H18Cl2N4O3S. The fourth-order valence-corrected chi connectivity index (χ4v) is 4.27. The summed E-state index contributed by atoms with van der Waals surface area (Å²) in [7, 11) is -3.98. The van der Waals surface area contributed by atoms with E-state index < -0.39 is 10.0 Å². The van der Waals surface area contributed by atoms with Crippen LogP contribution in [0.5, 0.6) is 0 Å². The van der Waals surface area contributed by atoms with Gasteiger partial charge in [-0.1, -0.05) is 23.2 Å². The zero-order valence-electron chi connectivity index (χ0n) is 15.2. The Bertz CT molecular complexity index is 1090. The Kier molecular flexibility index (Phi) is 6.79. The SMILES string of the molecule is O=C(NCCCn1ccnc1)c1ccc(Cl)c(S(=O)(=O)Nc2ccc(Cl)cc2)c1. The van der Waals surface area contributed by atoms with Crippen molar-refractivity contribution in [3.05, 3.63) is 76.8 Å². The molecule has 0 unspecified atom stereocenters. The minimum absolute atomic E-state index is 0.0168. The van der Waals surface area contributed by atoms with Gasteiger partial charge in [-0.3, -0.25) is 9.52 Å². The molecule has 2 N–H and O–H groups in total. The number of nitrogens with one attached hydrogen (secondary N) is 2. The summed E-state index contributed by atoms with van der Waals surface area (Å²) in [5.74, 6) is -0.379. The van der Waals surface area contributed by atoms with E-state index in [4.69, 9.17) is 23.2 Å². The van der Waals surface area contributed by atoms with Crippen LogP contribution in [0.2, 0.25) is 10.0 Å². The number of aryl methyl sites for hydroxylation is 1. The van der Waals surface area contributed by atoms with Crippen LogP contribution in [-0.4, -0.2) is 30.4 Å². The van der Waals surface area contributed by atoms with E-state index in [0.29, 0.717) is 30.2 Å². The summed E-state index contributed by atoms with van der Waals surface area (Å²) in [5.41, 5.74) is 0.535. The highest BCUT2D eigenvalue weighted by molar-refractivity contribution is 7.92. The first-order valence-electron chi connectivity index (χ1n) is 8.67. The lowest BCUT2D eigenvalue weighted by Crippen LogP contribution is -2.25. The number of carbonyl (C=O) groups excluding carboxylic acids is 1. The Balaban J connectivity index is 1.67. The second-order valence-electron chi connectivity index (χ2n) is 6.17. The van der Waals surface area contributed by atoms with Gasteiger partial charge >= 0.3 is 0 Å². The van der Waals surface area contributed by atoms with Gasteiger partial charge in [0.1, 0.15) is 4.90 Å². The molecule has 1 aromatic heterocycles. The summed E-state index contributed by atoms with van der Waals surface area (Å²) in [6.45, 7) is 1.15. The maximum atomic E-state index is 12.7. The molecule has 7 nitrogen and oxygen atoms in total. The number of imidazole rings is 1. The Morgan fingerprint density at radius 1 is 1.10 bits per heavy atom. The molecule has 0 fully saturated rings. The number of benzene rings is 2. The van der Waals surface area contributed by atoms with Crippen LogP contribution in [-0.2, 0) is 16.6 Å². The first kappa shape index (κ1) is 21.2. The summed E-state index contributed by atoms with van der Waals surface area (Å²) < 4.78 is 29.7. The van der Waals surface area contributed by atoms with Crippen LogP contribution in [0, 0.1) is 0 Å². The summed E-state index contributed by atoms with van der Waals surface area (Å²) in [6, 6.07) is 10.3. The van der Waals surface area contributed by atoms with Gasteiger partial charge in [-0.2, -0.15) is 0 Å². The van der Waals surface area contributed by atoms with Gasteiger partial charge in [0.05, 0.1) is 11.3 Å². The van der Waals surface area contributed by atoms with E-state index in [2.05, 4.69) is 15.0 Å². The van der Waals surface area contributed by atoms with Crippen LogP contribution in [0.25, 0.3) is 0 Å². The maximum absolute atomic E-state index is 12.7. The van der Waals surface area contributed by atoms with Crippen molar-refractivity contribution in [2.45, 2.75) is 17.9 Å². The molecule has 1 heterocycles. The van der Waals surface area contributed by atoms with Crippen molar-refractivity contribution in [2.75, 3.05) is 11.3 Å². The predicted octanol–water partition coefficient (Wildman–Crippen LogP) is 3.81. The average Bonchev–Trinajstić information content (AvgIpc) is 3.20. The van der Waals surface area contributed by atoms with Crippen LogP contribution >= 0.6 is 23.2 Å². The monoisotopic (exact) mass is 452 g/mol. The first-order chi connectivity index (χ1) is 13.8. The largest absolute Gasteiger partial charge is 0.352 e. The second kappa shape index (κ2) is 9.30. The lowest BCUT2D eigenvalue weighted by molar-refractivity contribution is 0.0952. The van der Waals surface area contributed by atoms with Gasteiger partial charge in [-0.05, 0) is 48.9 Å². The first-order valence-corrected chi connectivity index (χ1v) is 10.9. The van der Waals surface area contributed by atoms with Crippen LogP contribution in [0.1, 0.15) is 16.8 Å². The number of nitrogens with zero attached hydrogens (tertiary/aromatic N) is 2. The van der Waals surface area contributed by atoms with E-state index >= 15 is 0 Å². The van der Waals surface area contributed by atoms with E-state index in [1.165, 1.54) is 30.3 Å². The molecule has 2 aromatic carbocycles. The molecule has 0 saturated carbocycles. The molecule has 0 radical (unpaired) electrons. The lowest BCUT2D eigenvalue weighted by Gasteiger charge is -2.11. The van der Waals surface area contributed by atoms with E-state index in [-0.39, 0.29) is 21.4 Å². The Hall–Kier alpha value is -2.55. The summed E-state index contributed by atoms with van der Waals surface area (Å²) >= 11 is 11.9. The van der Waals surface area contributed by atoms with Crippen molar-refractivity contribution < 1.29 is 13.2 Å². The molecule has 3 aromatic rings. The molecular weight excluding hydrogens is 435 g/mol. The number of sulfonamides is 1. The van der Waals surface area contributed by atoms with E-state index in [1.54, 1.807) is 24.7 Å². The van der Waals surface area contributed by atoms with Gasteiger partial charge in [0.2, 0.25) is 0 Å². The van der Waals surface area contributed by atoms with E-state index in [0.717, 1.165) is 0 Å². The molecule has 0 aliphatic carbocycles. The molecule has 10 heteroatoms. The lowest BCUT2D eigenvalue weighted by atomic mass is 10.2. The minimum atomic E-state index is -3.98. The maximum Gasteiger partial charge on any atom is 0.263 e. The van der Waals surface area contributed by atoms with Crippen molar-refractivity contribution in [1.82, 2.24) is 14.9 Å². The number of aromatic nitrogens is 2. The smallest absolute Gasteiger partial charge is 0.263 e. The zero-order chi connectivity index (χ0) is 20.9. The van der Waals surface area contributed by atoms with Gasteiger partial charge in [-0.15, -0.1) is 0 Å². The van der Waals surface area contributed by atoms with Gasteiger partial charge in [0, 0.05) is 41.8 Å². The third-order valence-corrected chi connectivity index (χ3v) is 6.13. The quantitative estimate of drug-likeness (QED) is 0.508. The second-order valence-corrected chi connectivity index (χ2v) is 8.66. The van der Waals surface area contributed by atoms with Crippen molar-refractivity contribution in [1.29, 1.82) is 0 Å². The number of hydrogen-bond donors (Lipinski definition) is 2. The number of hydrogen-bond acceptors (Lipinski definition) is 4. The standard InChI is InChI=1S/C19H18Cl2N4O3S/c20-15-3-5-16(6-4-15)24-29(27,28)18-12-14(2-7-17(18)21)19(26)23-8-1-10-25-11-9-22-13-25/h2-7,9,11-13,24H,1,8,10H2,(H,23,26). The normalized spacial score (nSPS) is 11.2. The molecule has 0 saturated heterocycles. The molecule has 3 rings (SSSR count). The number of carbonyl (C=O) groups is 1. The Labute approximate surface area is 178 Å². The number of rotatable bonds is 8. The van der Waals surface area contributed by atoms with Crippen molar-refractivity contribution in [2.24, 2.45) is 0 Å². The number of halogens is 2. The van der Waals surface area contributed by atoms with Crippen LogP contribution < -0.4 is 10.0 Å². The third kappa shape index (κ3) is 5.72. The summed E-state index contributed by atoms with van der Waals surface area (Å²) in [5, 5.41) is 3.27.